The highest BCUT2D eigenvalue weighted by atomic mass is 19.1. The number of carbonyl (C=O) groups is 1. The first-order valence-electron chi connectivity index (χ1n) is 12.9. The van der Waals surface area contributed by atoms with Crippen molar-refractivity contribution in [1.29, 1.82) is 0 Å². The lowest BCUT2D eigenvalue weighted by molar-refractivity contribution is -0.147. The third-order valence-electron chi connectivity index (χ3n) is 6.24. The Hall–Kier alpha value is -3.08. The molecule has 0 amide bonds. The molecular weight excluding hydrogens is 439 g/mol. The lowest BCUT2D eigenvalue weighted by Gasteiger charge is -2.18. The molecule has 1 aromatic heterocycles. The second-order valence-corrected chi connectivity index (χ2v) is 9.34. The number of nitrogens with zero attached hydrogens (tertiary/aromatic N) is 2. The van der Waals surface area contributed by atoms with Crippen LogP contribution in [0.3, 0.4) is 0 Å². The molecular formula is C30H37FN2O2. The third-order valence-corrected chi connectivity index (χ3v) is 6.24. The maximum absolute atomic E-state index is 14.7. The highest BCUT2D eigenvalue weighted by molar-refractivity contribution is 5.82. The molecule has 1 heterocycles. The quantitative estimate of drug-likeness (QED) is 0.142. The molecule has 0 spiro atoms. The van der Waals surface area contributed by atoms with E-state index in [1.165, 1.54) is 26.2 Å². The summed E-state index contributed by atoms with van der Waals surface area (Å²) in [5, 5.41) is 0. The van der Waals surface area contributed by atoms with Crippen molar-refractivity contribution in [3.63, 3.8) is 0 Å². The van der Waals surface area contributed by atoms with Gasteiger partial charge >= 0.3 is 5.97 Å². The van der Waals surface area contributed by atoms with Crippen LogP contribution >= 0.6 is 0 Å². The van der Waals surface area contributed by atoms with E-state index in [2.05, 4.69) is 16.9 Å². The molecule has 0 aliphatic heterocycles. The summed E-state index contributed by atoms with van der Waals surface area (Å²) >= 11 is 0. The molecule has 0 saturated carbocycles. The Balaban J connectivity index is 1.70. The van der Waals surface area contributed by atoms with E-state index in [-0.39, 0.29) is 6.42 Å². The first kappa shape index (κ1) is 26.5. The highest BCUT2D eigenvalue weighted by Gasteiger charge is 2.34. The number of carbonyl (C=O) groups excluding carboxylic acids is 1. The topological polar surface area (TPSA) is 52.1 Å². The van der Waals surface area contributed by atoms with Crippen LogP contribution < -0.4 is 4.74 Å². The molecule has 0 radical (unpaired) electrons. The fourth-order valence-corrected chi connectivity index (χ4v) is 4.03. The Kier molecular flexibility index (Phi) is 9.95. The van der Waals surface area contributed by atoms with Gasteiger partial charge in [-0.2, -0.15) is 0 Å². The number of benzene rings is 2. The number of hydrogen-bond donors (Lipinski definition) is 0. The van der Waals surface area contributed by atoms with E-state index in [0.29, 0.717) is 18.0 Å². The number of aryl methyl sites for hydroxylation is 1. The minimum atomic E-state index is -1.99. The molecule has 4 nitrogen and oxygen atoms in total. The Bertz CT molecular complexity index is 1060. The molecule has 0 N–H and O–H groups in total. The second-order valence-electron chi connectivity index (χ2n) is 9.34. The molecule has 0 saturated heterocycles. The second kappa shape index (κ2) is 13.1. The van der Waals surface area contributed by atoms with Gasteiger partial charge in [-0.3, -0.25) is 0 Å². The molecule has 35 heavy (non-hydrogen) atoms. The summed E-state index contributed by atoms with van der Waals surface area (Å²) in [5.41, 5.74) is 2.03. The molecule has 0 aliphatic carbocycles. The summed E-state index contributed by atoms with van der Waals surface area (Å²) in [5.74, 6) is 0.165. The summed E-state index contributed by atoms with van der Waals surface area (Å²) in [6.07, 6.45) is 12.4. The van der Waals surface area contributed by atoms with E-state index in [1.54, 1.807) is 12.1 Å². The molecule has 186 valence electrons. The molecule has 3 rings (SSSR count). The molecule has 3 aromatic rings. The van der Waals surface area contributed by atoms with Gasteiger partial charge in [0.1, 0.15) is 5.75 Å². The zero-order valence-corrected chi connectivity index (χ0v) is 21.2. The molecule has 0 fully saturated rings. The first-order valence-corrected chi connectivity index (χ1v) is 12.9. The van der Waals surface area contributed by atoms with Crippen LogP contribution in [-0.2, 0) is 11.2 Å². The van der Waals surface area contributed by atoms with Crippen molar-refractivity contribution in [1.82, 2.24) is 9.97 Å². The van der Waals surface area contributed by atoms with Gasteiger partial charge in [0.25, 0.3) is 0 Å². The van der Waals surface area contributed by atoms with E-state index in [1.807, 2.05) is 55.7 Å². The molecule has 2 aromatic carbocycles. The van der Waals surface area contributed by atoms with Gasteiger partial charge in [0.15, 0.2) is 5.82 Å². The van der Waals surface area contributed by atoms with E-state index >= 15 is 0 Å². The van der Waals surface area contributed by atoms with Gasteiger partial charge in [-0.05, 0) is 61.4 Å². The summed E-state index contributed by atoms with van der Waals surface area (Å²) < 4.78 is 20.1. The van der Waals surface area contributed by atoms with Gasteiger partial charge in [-0.1, -0.05) is 82.3 Å². The van der Waals surface area contributed by atoms with Crippen LogP contribution in [0.25, 0.3) is 22.5 Å². The number of unbranched alkanes of at least 4 members (excludes halogenated alkanes) is 5. The van der Waals surface area contributed by atoms with Crippen LogP contribution in [0, 0.1) is 0 Å². The van der Waals surface area contributed by atoms with Crippen molar-refractivity contribution in [2.24, 2.45) is 0 Å². The summed E-state index contributed by atoms with van der Waals surface area (Å²) in [6.45, 7) is 5.56. The third kappa shape index (κ3) is 7.71. The molecule has 0 aliphatic rings. The summed E-state index contributed by atoms with van der Waals surface area (Å²) in [4.78, 5) is 21.6. The first-order chi connectivity index (χ1) is 16.9. The van der Waals surface area contributed by atoms with Gasteiger partial charge in [0.2, 0.25) is 5.67 Å². The molecule has 5 heteroatoms. The normalized spacial score (nSPS) is 12.8. The zero-order valence-electron chi connectivity index (χ0n) is 21.2. The molecule has 1 atom stereocenters. The van der Waals surface area contributed by atoms with Gasteiger partial charge < -0.3 is 4.74 Å². The van der Waals surface area contributed by atoms with Gasteiger partial charge in [0, 0.05) is 18.0 Å². The monoisotopic (exact) mass is 476 g/mol. The van der Waals surface area contributed by atoms with Crippen molar-refractivity contribution in [2.75, 3.05) is 0 Å². The Morgan fingerprint density at radius 3 is 2.14 bits per heavy atom. The summed E-state index contributed by atoms with van der Waals surface area (Å²) in [7, 11) is 0. The smallest absolute Gasteiger partial charge is 0.348 e. The average molecular weight is 477 g/mol. The van der Waals surface area contributed by atoms with E-state index in [9.17, 15) is 9.18 Å². The van der Waals surface area contributed by atoms with Crippen LogP contribution in [-0.4, -0.2) is 21.6 Å². The van der Waals surface area contributed by atoms with Crippen molar-refractivity contribution < 1.29 is 13.9 Å². The van der Waals surface area contributed by atoms with E-state index in [0.717, 1.165) is 47.9 Å². The van der Waals surface area contributed by atoms with Gasteiger partial charge in [-0.25, -0.2) is 19.2 Å². The SMILES string of the molecule is CCCCCCc1cnc(-c2ccccc2-c2ccc(OC(=O)[C@@](C)(F)CCCCC)cc2)nc1. The predicted molar refractivity (Wildman–Crippen MR) is 140 cm³/mol. The van der Waals surface area contributed by atoms with E-state index < -0.39 is 11.6 Å². The minimum Gasteiger partial charge on any atom is -0.424 e. The van der Waals surface area contributed by atoms with Crippen LogP contribution in [0.4, 0.5) is 4.39 Å². The predicted octanol–water partition coefficient (Wildman–Crippen LogP) is 8.15. The maximum Gasteiger partial charge on any atom is 0.348 e. The Labute approximate surface area is 209 Å². The number of hydrogen-bond acceptors (Lipinski definition) is 4. The number of halogens is 1. The van der Waals surface area contributed by atoms with Crippen molar-refractivity contribution in [2.45, 2.75) is 84.2 Å². The van der Waals surface area contributed by atoms with Crippen LogP contribution in [0.5, 0.6) is 5.75 Å². The molecule has 0 bridgehead atoms. The number of esters is 1. The van der Waals surface area contributed by atoms with E-state index in [4.69, 9.17) is 4.74 Å². The lowest BCUT2D eigenvalue weighted by Crippen LogP contribution is -2.34. The van der Waals surface area contributed by atoms with Crippen LogP contribution in [0.1, 0.15) is 77.7 Å². The number of aromatic nitrogens is 2. The van der Waals surface area contributed by atoms with Gasteiger partial charge in [-0.15, -0.1) is 0 Å². The van der Waals surface area contributed by atoms with Crippen LogP contribution in [0.15, 0.2) is 60.9 Å². The fraction of sp³-hybridized carbons (Fsp3) is 0.433. The maximum atomic E-state index is 14.7. The number of rotatable bonds is 13. The highest BCUT2D eigenvalue weighted by Crippen LogP contribution is 2.31. The zero-order chi connectivity index (χ0) is 25.1. The Morgan fingerprint density at radius 1 is 0.857 bits per heavy atom. The standard InChI is InChI=1S/C30H37FN2O2/c1-4-6-8-9-13-23-21-32-28(33-22-23)27-15-11-10-14-26(27)24-16-18-25(19-17-24)35-29(34)30(3,31)20-12-7-5-2/h10-11,14-19,21-22H,4-9,12-13,20H2,1-3H3/t30-/m0/s1. The van der Waals surface area contributed by atoms with Crippen LogP contribution in [0.2, 0.25) is 0 Å². The lowest BCUT2D eigenvalue weighted by atomic mass is 9.99. The number of alkyl halides is 1. The van der Waals surface area contributed by atoms with Crippen molar-refractivity contribution in [3.8, 4) is 28.3 Å². The minimum absolute atomic E-state index is 0.169. The fourth-order valence-electron chi connectivity index (χ4n) is 4.03. The van der Waals surface area contributed by atoms with Gasteiger partial charge in [0.05, 0.1) is 0 Å². The summed E-state index contributed by atoms with van der Waals surface area (Å²) in [6, 6.07) is 15.1. The van der Waals surface area contributed by atoms with Crippen molar-refractivity contribution >= 4 is 5.97 Å². The largest absolute Gasteiger partial charge is 0.424 e. The van der Waals surface area contributed by atoms with Crippen molar-refractivity contribution in [3.05, 3.63) is 66.5 Å². The average Bonchev–Trinajstić information content (AvgIpc) is 2.87. The number of ether oxygens (including phenoxy) is 1. The molecule has 0 unspecified atom stereocenters. The Morgan fingerprint density at radius 2 is 1.49 bits per heavy atom.